The molecule has 0 bridgehead atoms. The first-order valence-electron chi connectivity index (χ1n) is 8.41. The van der Waals surface area contributed by atoms with Crippen LogP contribution in [0.2, 0.25) is 0 Å². The number of methoxy groups -OCH3 is 1. The molecule has 1 fully saturated rings. The van der Waals surface area contributed by atoms with Gasteiger partial charge in [0.2, 0.25) is 5.91 Å². The largest absolute Gasteiger partial charge is 0.493 e. The molecule has 1 aliphatic carbocycles. The van der Waals surface area contributed by atoms with E-state index in [1.165, 1.54) is 19.3 Å². The SMILES string of the molecule is CCOc1ccc(/C=C/C(=O)N(C)C2CCCCC2)cc1OC. The highest BCUT2D eigenvalue weighted by atomic mass is 16.5. The van der Waals surface area contributed by atoms with Crippen molar-refractivity contribution in [3.05, 3.63) is 29.8 Å². The Kier molecular flexibility index (Phi) is 6.51. The van der Waals surface area contributed by atoms with Gasteiger partial charge in [-0.3, -0.25) is 4.79 Å². The van der Waals surface area contributed by atoms with E-state index >= 15 is 0 Å². The third kappa shape index (κ3) is 4.75. The second-order valence-corrected chi connectivity index (χ2v) is 5.92. The number of hydrogen-bond donors (Lipinski definition) is 0. The Morgan fingerprint density at radius 3 is 2.65 bits per heavy atom. The topological polar surface area (TPSA) is 38.8 Å². The minimum Gasteiger partial charge on any atom is -0.493 e. The van der Waals surface area contributed by atoms with Crippen LogP contribution in [0.15, 0.2) is 24.3 Å². The molecule has 0 N–H and O–H groups in total. The van der Waals surface area contributed by atoms with Gasteiger partial charge in [-0.05, 0) is 43.5 Å². The number of carbonyl (C=O) groups excluding carboxylic acids is 1. The normalized spacial score (nSPS) is 15.6. The van der Waals surface area contributed by atoms with Crippen LogP contribution in [0.3, 0.4) is 0 Å². The Hall–Kier alpha value is -1.97. The fraction of sp³-hybridized carbons (Fsp3) is 0.526. The van der Waals surface area contributed by atoms with Crippen molar-refractivity contribution in [1.29, 1.82) is 0 Å². The summed E-state index contributed by atoms with van der Waals surface area (Å²) in [6.07, 6.45) is 9.45. The predicted molar refractivity (Wildman–Crippen MR) is 92.8 cm³/mol. The number of carbonyl (C=O) groups is 1. The smallest absolute Gasteiger partial charge is 0.246 e. The molecule has 0 radical (unpaired) electrons. The fourth-order valence-electron chi connectivity index (χ4n) is 3.00. The van der Waals surface area contributed by atoms with Crippen molar-refractivity contribution in [2.24, 2.45) is 0 Å². The second-order valence-electron chi connectivity index (χ2n) is 5.92. The lowest BCUT2D eigenvalue weighted by Crippen LogP contribution is -2.37. The van der Waals surface area contributed by atoms with Crippen LogP contribution in [0.1, 0.15) is 44.6 Å². The molecule has 0 spiro atoms. The standard InChI is InChI=1S/C19H27NO3/c1-4-23-17-12-10-15(14-18(17)22-3)11-13-19(21)20(2)16-8-6-5-7-9-16/h10-14,16H,4-9H2,1-3H3/b13-11+. The van der Waals surface area contributed by atoms with Crippen molar-refractivity contribution in [2.45, 2.75) is 45.1 Å². The van der Waals surface area contributed by atoms with E-state index in [4.69, 9.17) is 9.47 Å². The number of ether oxygens (including phenoxy) is 2. The Morgan fingerprint density at radius 2 is 2.00 bits per heavy atom. The molecule has 0 heterocycles. The molecule has 1 amide bonds. The number of benzene rings is 1. The second kappa shape index (κ2) is 8.61. The summed E-state index contributed by atoms with van der Waals surface area (Å²) in [4.78, 5) is 14.2. The van der Waals surface area contributed by atoms with Gasteiger partial charge in [-0.2, -0.15) is 0 Å². The highest BCUT2D eigenvalue weighted by Crippen LogP contribution is 2.28. The molecule has 2 rings (SSSR count). The van der Waals surface area contributed by atoms with Gasteiger partial charge in [0.05, 0.1) is 13.7 Å². The lowest BCUT2D eigenvalue weighted by atomic mass is 9.94. The van der Waals surface area contributed by atoms with Crippen LogP contribution in [0.4, 0.5) is 0 Å². The summed E-state index contributed by atoms with van der Waals surface area (Å²) in [6.45, 7) is 2.53. The molecule has 0 saturated heterocycles. The van der Waals surface area contributed by atoms with Crippen molar-refractivity contribution >= 4 is 12.0 Å². The third-order valence-corrected chi connectivity index (χ3v) is 4.38. The molecule has 1 aromatic carbocycles. The number of likely N-dealkylation sites (N-methyl/N-ethyl adjacent to an activating group) is 1. The van der Waals surface area contributed by atoms with E-state index in [1.807, 2.05) is 43.1 Å². The zero-order valence-corrected chi connectivity index (χ0v) is 14.4. The molecule has 0 atom stereocenters. The Balaban J connectivity index is 2.02. The minimum absolute atomic E-state index is 0.0600. The van der Waals surface area contributed by atoms with E-state index in [9.17, 15) is 4.79 Å². The molecular weight excluding hydrogens is 290 g/mol. The average molecular weight is 317 g/mol. The third-order valence-electron chi connectivity index (χ3n) is 4.38. The van der Waals surface area contributed by atoms with Crippen LogP contribution in [-0.2, 0) is 4.79 Å². The van der Waals surface area contributed by atoms with E-state index in [-0.39, 0.29) is 5.91 Å². The van der Waals surface area contributed by atoms with Gasteiger partial charge in [0.25, 0.3) is 0 Å². The number of amides is 1. The number of rotatable bonds is 6. The van der Waals surface area contributed by atoms with E-state index in [2.05, 4.69) is 0 Å². The van der Waals surface area contributed by atoms with Gasteiger partial charge in [-0.1, -0.05) is 25.3 Å². The van der Waals surface area contributed by atoms with Gasteiger partial charge < -0.3 is 14.4 Å². The van der Waals surface area contributed by atoms with Crippen molar-refractivity contribution in [3.63, 3.8) is 0 Å². The first-order chi connectivity index (χ1) is 11.2. The molecular formula is C19H27NO3. The number of nitrogens with zero attached hydrogens (tertiary/aromatic N) is 1. The molecule has 23 heavy (non-hydrogen) atoms. The summed E-state index contributed by atoms with van der Waals surface area (Å²) in [5, 5.41) is 0. The van der Waals surface area contributed by atoms with Gasteiger partial charge in [0, 0.05) is 19.2 Å². The summed E-state index contributed by atoms with van der Waals surface area (Å²) >= 11 is 0. The molecule has 0 aliphatic heterocycles. The Morgan fingerprint density at radius 1 is 1.26 bits per heavy atom. The zero-order chi connectivity index (χ0) is 16.7. The van der Waals surface area contributed by atoms with Crippen molar-refractivity contribution < 1.29 is 14.3 Å². The molecule has 4 nitrogen and oxygen atoms in total. The predicted octanol–water partition coefficient (Wildman–Crippen LogP) is 3.90. The summed E-state index contributed by atoms with van der Waals surface area (Å²) in [7, 11) is 3.52. The molecule has 1 aromatic rings. The van der Waals surface area contributed by atoms with Crippen molar-refractivity contribution in [2.75, 3.05) is 20.8 Å². The first kappa shape index (κ1) is 17.4. The van der Waals surface area contributed by atoms with Crippen molar-refractivity contribution in [3.8, 4) is 11.5 Å². The summed E-state index contributed by atoms with van der Waals surface area (Å²) in [5.41, 5.74) is 0.927. The van der Waals surface area contributed by atoms with Crippen LogP contribution >= 0.6 is 0 Å². The van der Waals surface area contributed by atoms with E-state index < -0.39 is 0 Å². The maximum Gasteiger partial charge on any atom is 0.246 e. The quantitative estimate of drug-likeness (QED) is 0.747. The Labute approximate surface area is 139 Å². The van der Waals surface area contributed by atoms with Gasteiger partial charge in [0.1, 0.15) is 0 Å². The first-order valence-corrected chi connectivity index (χ1v) is 8.41. The zero-order valence-electron chi connectivity index (χ0n) is 14.4. The summed E-state index contributed by atoms with van der Waals surface area (Å²) in [5.74, 6) is 1.46. The highest BCUT2D eigenvalue weighted by molar-refractivity contribution is 5.91. The van der Waals surface area contributed by atoms with Gasteiger partial charge in [-0.25, -0.2) is 0 Å². The molecule has 126 valence electrons. The van der Waals surface area contributed by atoms with Crippen LogP contribution in [0, 0.1) is 0 Å². The maximum absolute atomic E-state index is 12.3. The minimum atomic E-state index is 0.0600. The molecule has 0 aromatic heterocycles. The molecule has 1 aliphatic rings. The molecule has 0 unspecified atom stereocenters. The monoisotopic (exact) mass is 317 g/mol. The van der Waals surface area contributed by atoms with Crippen LogP contribution in [0.25, 0.3) is 6.08 Å². The van der Waals surface area contributed by atoms with E-state index in [1.54, 1.807) is 13.2 Å². The summed E-state index contributed by atoms with van der Waals surface area (Å²) < 4.78 is 10.8. The maximum atomic E-state index is 12.3. The van der Waals surface area contributed by atoms with E-state index in [0.717, 1.165) is 24.2 Å². The Bertz CT molecular complexity index is 548. The number of hydrogen-bond acceptors (Lipinski definition) is 3. The molecule has 4 heteroatoms. The van der Waals surface area contributed by atoms with Crippen molar-refractivity contribution in [1.82, 2.24) is 4.90 Å². The highest BCUT2D eigenvalue weighted by Gasteiger charge is 2.20. The van der Waals surface area contributed by atoms with Gasteiger partial charge >= 0.3 is 0 Å². The van der Waals surface area contributed by atoms with Crippen LogP contribution < -0.4 is 9.47 Å². The van der Waals surface area contributed by atoms with Crippen LogP contribution in [0.5, 0.6) is 11.5 Å². The van der Waals surface area contributed by atoms with Crippen LogP contribution in [-0.4, -0.2) is 37.6 Å². The average Bonchev–Trinajstić information content (AvgIpc) is 2.60. The lowest BCUT2D eigenvalue weighted by molar-refractivity contribution is -0.127. The molecule has 1 saturated carbocycles. The fourth-order valence-corrected chi connectivity index (χ4v) is 3.00. The van der Waals surface area contributed by atoms with E-state index in [0.29, 0.717) is 18.4 Å². The summed E-state index contributed by atoms with van der Waals surface area (Å²) in [6, 6.07) is 6.07. The van der Waals surface area contributed by atoms with Gasteiger partial charge in [0.15, 0.2) is 11.5 Å². The van der Waals surface area contributed by atoms with Gasteiger partial charge in [-0.15, -0.1) is 0 Å². The lowest BCUT2D eigenvalue weighted by Gasteiger charge is -2.30.